The lowest BCUT2D eigenvalue weighted by Crippen LogP contribution is -2.48. The number of likely N-dealkylation sites (N-methyl/N-ethyl adjacent to an activating group) is 2. The molecule has 0 radical (unpaired) electrons. The summed E-state index contributed by atoms with van der Waals surface area (Å²) in [5.41, 5.74) is 0. The van der Waals surface area contributed by atoms with Crippen LogP contribution in [0.15, 0.2) is 0 Å². The van der Waals surface area contributed by atoms with Crippen LogP contribution >= 0.6 is 0 Å². The minimum Gasteiger partial charge on any atom is -0.395 e. The summed E-state index contributed by atoms with van der Waals surface area (Å²) in [4.78, 5) is 14.0. The van der Waals surface area contributed by atoms with Crippen molar-refractivity contribution in [2.45, 2.75) is 18.9 Å². The standard InChI is InChI=1S/C12H28N4O2/c1-13-6-4-5-11(15-3)12(18)16(9-10-17)8-7-14-2/h11,13-15,17H,4-10H2,1-3H3/t11-/m0/s1. The van der Waals surface area contributed by atoms with Crippen molar-refractivity contribution in [2.75, 3.05) is 53.9 Å². The van der Waals surface area contributed by atoms with Gasteiger partial charge < -0.3 is 26.0 Å². The molecule has 6 nitrogen and oxygen atoms in total. The first-order valence-electron chi connectivity index (χ1n) is 6.57. The van der Waals surface area contributed by atoms with Gasteiger partial charge in [-0.25, -0.2) is 0 Å². The summed E-state index contributed by atoms with van der Waals surface area (Å²) in [5.74, 6) is 0.0675. The van der Waals surface area contributed by atoms with E-state index in [9.17, 15) is 4.79 Å². The predicted molar refractivity (Wildman–Crippen MR) is 73.6 cm³/mol. The highest BCUT2D eigenvalue weighted by Gasteiger charge is 2.21. The maximum absolute atomic E-state index is 12.3. The molecule has 6 heteroatoms. The fourth-order valence-electron chi connectivity index (χ4n) is 1.79. The van der Waals surface area contributed by atoms with E-state index in [1.165, 1.54) is 0 Å². The van der Waals surface area contributed by atoms with E-state index >= 15 is 0 Å². The Bertz CT molecular complexity index is 214. The molecular formula is C12H28N4O2. The summed E-state index contributed by atoms with van der Waals surface area (Å²) in [5, 5.41) is 18.2. The van der Waals surface area contributed by atoms with E-state index in [0.29, 0.717) is 13.1 Å². The Morgan fingerprint density at radius 2 is 1.83 bits per heavy atom. The van der Waals surface area contributed by atoms with Crippen LogP contribution in [-0.2, 0) is 4.79 Å². The molecule has 0 unspecified atom stereocenters. The Morgan fingerprint density at radius 3 is 2.33 bits per heavy atom. The van der Waals surface area contributed by atoms with Gasteiger partial charge in [-0.2, -0.15) is 0 Å². The van der Waals surface area contributed by atoms with Gasteiger partial charge in [0, 0.05) is 19.6 Å². The Balaban J connectivity index is 4.29. The predicted octanol–water partition coefficient (Wildman–Crippen LogP) is -1.39. The van der Waals surface area contributed by atoms with E-state index in [0.717, 1.165) is 25.9 Å². The van der Waals surface area contributed by atoms with Gasteiger partial charge in [-0.05, 0) is 40.5 Å². The van der Waals surface area contributed by atoms with Crippen molar-refractivity contribution in [3.8, 4) is 0 Å². The number of rotatable bonds is 11. The third kappa shape index (κ3) is 6.90. The monoisotopic (exact) mass is 260 g/mol. The molecule has 0 rings (SSSR count). The molecule has 0 aliphatic carbocycles. The number of hydrogen-bond donors (Lipinski definition) is 4. The van der Waals surface area contributed by atoms with Gasteiger partial charge >= 0.3 is 0 Å². The minimum absolute atomic E-state index is 0.00239. The zero-order valence-corrected chi connectivity index (χ0v) is 11.8. The van der Waals surface area contributed by atoms with Crippen LogP contribution in [0.3, 0.4) is 0 Å². The Labute approximate surface area is 110 Å². The topological polar surface area (TPSA) is 76.6 Å². The van der Waals surface area contributed by atoms with Crippen LogP contribution in [0, 0.1) is 0 Å². The van der Waals surface area contributed by atoms with Gasteiger partial charge in [-0.3, -0.25) is 4.79 Å². The Kier molecular flexibility index (Phi) is 11.0. The van der Waals surface area contributed by atoms with Crippen LogP contribution in [-0.4, -0.2) is 75.9 Å². The maximum atomic E-state index is 12.3. The lowest BCUT2D eigenvalue weighted by atomic mass is 10.1. The second kappa shape index (κ2) is 11.4. The van der Waals surface area contributed by atoms with E-state index in [4.69, 9.17) is 5.11 Å². The SMILES string of the molecule is CNCCC[C@H](NC)C(=O)N(CCO)CCNC. The van der Waals surface area contributed by atoms with Crippen LogP contribution in [0.4, 0.5) is 0 Å². The number of carbonyl (C=O) groups is 1. The molecule has 0 aromatic rings. The van der Waals surface area contributed by atoms with Gasteiger partial charge in [0.2, 0.25) is 5.91 Å². The average molecular weight is 260 g/mol. The average Bonchev–Trinajstić information content (AvgIpc) is 2.39. The largest absolute Gasteiger partial charge is 0.395 e. The first kappa shape index (κ1) is 17.3. The van der Waals surface area contributed by atoms with Crippen LogP contribution in [0.1, 0.15) is 12.8 Å². The van der Waals surface area contributed by atoms with Crippen molar-refractivity contribution in [1.29, 1.82) is 0 Å². The molecule has 0 heterocycles. The zero-order valence-electron chi connectivity index (χ0n) is 11.8. The van der Waals surface area contributed by atoms with Gasteiger partial charge in [0.1, 0.15) is 0 Å². The molecule has 18 heavy (non-hydrogen) atoms. The van der Waals surface area contributed by atoms with Crippen molar-refractivity contribution in [3.05, 3.63) is 0 Å². The van der Waals surface area contributed by atoms with Gasteiger partial charge in [-0.15, -0.1) is 0 Å². The number of aliphatic hydroxyl groups excluding tert-OH is 1. The van der Waals surface area contributed by atoms with E-state index in [1.807, 2.05) is 14.1 Å². The second-order valence-electron chi connectivity index (χ2n) is 4.24. The normalized spacial score (nSPS) is 12.4. The highest BCUT2D eigenvalue weighted by molar-refractivity contribution is 5.81. The smallest absolute Gasteiger partial charge is 0.239 e. The van der Waals surface area contributed by atoms with Gasteiger partial charge in [0.15, 0.2) is 0 Å². The number of nitrogens with zero attached hydrogens (tertiary/aromatic N) is 1. The van der Waals surface area contributed by atoms with E-state index < -0.39 is 0 Å². The van der Waals surface area contributed by atoms with E-state index in [2.05, 4.69) is 16.0 Å². The molecule has 0 fully saturated rings. The lowest BCUT2D eigenvalue weighted by molar-refractivity contribution is -0.134. The van der Waals surface area contributed by atoms with Crippen LogP contribution < -0.4 is 16.0 Å². The highest BCUT2D eigenvalue weighted by atomic mass is 16.3. The number of nitrogens with one attached hydrogen (secondary N) is 3. The number of aliphatic hydroxyl groups is 1. The van der Waals surface area contributed by atoms with Crippen molar-refractivity contribution >= 4 is 5.91 Å². The summed E-state index contributed by atoms with van der Waals surface area (Å²) in [6.45, 7) is 2.66. The highest BCUT2D eigenvalue weighted by Crippen LogP contribution is 2.02. The van der Waals surface area contributed by atoms with Crippen molar-refractivity contribution in [3.63, 3.8) is 0 Å². The van der Waals surface area contributed by atoms with Crippen LogP contribution in [0.5, 0.6) is 0 Å². The number of amides is 1. The zero-order chi connectivity index (χ0) is 13.8. The fraction of sp³-hybridized carbons (Fsp3) is 0.917. The van der Waals surface area contributed by atoms with E-state index in [-0.39, 0.29) is 18.6 Å². The minimum atomic E-state index is -0.165. The Hall–Kier alpha value is -0.690. The van der Waals surface area contributed by atoms with Crippen molar-refractivity contribution in [2.24, 2.45) is 0 Å². The van der Waals surface area contributed by atoms with Gasteiger partial charge in [-0.1, -0.05) is 0 Å². The molecule has 1 amide bonds. The molecule has 0 aromatic carbocycles. The third-order valence-corrected chi connectivity index (χ3v) is 2.88. The summed E-state index contributed by atoms with van der Waals surface area (Å²) >= 11 is 0. The molecule has 0 bridgehead atoms. The molecule has 4 N–H and O–H groups in total. The molecule has 0 aliphatic heterocycles. The molecule has 0 aliphatic rings. The van der Waals surface area contributed by atoms with E-state index in [1.54, 1.807) is 11.9 Å². The van der Waals surface area contributed by atoms with Gasteiger partial charge in [0.05, 0.1) is 12.6 Å². The fourth-order valence-corrected chi connectivity index (χ4v) is 1.79. The quantitative estimate of drug-likeness (QED) is 0.344. The van der Waals surface area contributed by atoms with Crippen molar-refractivity contribution in [1.82, 2.24) is 20.9 Å². The maximum Gasteiger partial charge on any atom is 0.239 e. The summed E-state index contributed by atoms with van der Waals surface area (Å²) in [7, 11) is 5.56. The van der Waals surface area contributed by atoms with Crippen molar-refractivity contribution < 1.29 is 9.90 Å². The summed E-state index contributed by atoms with van der Waals surface area (Å²) in [6, 6.07) is -0.165. The third-order valence-electron chi connectivity index (χ3n) is 2.88. The molecule has 0 aromatic heterocycles. The molecule has 108 valence electrons. The van der Waals surface area contributed by atoms with Gasteiger partial charge in [0.25, 0.3) is 0 Å². The first-order valence-corrected chi connectivity index (χ1v) is 6.57. The second-order valence-corrected chi connectivity index (χ2v) is 4.24. The molecule has 0 spiro atoms. The molecular weight excluding hydrogens is 232 g/mol. The summed E-state index contributed by atoms with van der Waals surface area (Å²) in [6.07, 6.45) is 1.75. The number of carbonyl (C=O) groups excluding carboxylic acids is 1. The van der Waals surface area contributed by atoms with Crippen LogP contribution in [0.2, 0.25) is 0 Å². The first-order chi connectivity index (χ1) is 8.71. The molecule has 1 atom stereocenters. The lowest BCUT2D eigenvalue weighted by Gasteiger charge is -2.26. The molecule has 0 saturated heterocycles. The Morgan fingerprint density at radius 1 is 1.17 bits per heavy atom. The van der Waals surface area contributed by atoms with Crippen LogP contribution in [0.25, 0.3) is 0 Å². The summed E-state index contributed by atoms with van der Waals surface area (Å²) < 4.78 is 0. The molecule has 0 saturated carbocycles. The number of hydrogen-bond acceptors (Lipinski definition) is 5.